The summed E-state index contributed by atoms with van der Waals surface area (Å²) in [5.41, 5.74) is -0.284. The number of esters is 2. The first-order chi connectivity index (χ1) is 9.33. The van der Waals surface area contributed by atoms with Crippen LogP contribution in [-0.4, -0.2) is 65.9 Å². The predicted molar refractivity (Wildman–Crippen MR) is 64.1 cm³/mol. The Labute approximate surface area is 114 Å². The van der Waals surface area contributed by atoms with E-state index in [4.69, 9.17) is 4.74 Å². The first-order valence-corrected chi connectivity index (χ1v) is 5.61. The Kier molecular flexibility index (Phi) is 5.26. The number of ether oxygens (including phenoxy) is 3. The van der Waals surface area contributed by atoms with E-state index in [-0.39, 0.29) is 5.57 Å². The fraction of sp³-hybridized carbons (Fsp3) is 0.500. The molecule has 112 valence electrons. The van der Waals surface area contributed by atoms with E-state index in [1.807, 2.05) is 0 Å². The highest BCUT2D eigenvalue weighted by Gasteiger charge is 2.41. The summed E-state index contributed by atoms with van der Waals surface area (Å²) in [6.07, 6.45) is -5.05. The number of rotatable bonds is 4. The van der Waals surface area contributed by atoms with Gasteiger partial charge in [0.1, 0.15) is 24.4 Å². The third kappa shape index (κ3) is 3.16. The molecule has 8 heteroatoms. The zero-order valence-corrected chi connectivity index (χ0v) is 11.0. The number of aliphatic hydroxyl groups excluding tert-OH is 3. The van der Waals surface area contributed by atoms with Crippen LogP contribution in [0.1, 0.15) is 0 Å². The maximum absolute atomic E-state index is 11.4. The SMILES string of the molecule is C=C(O[C@@H]1C=C(C(=O)OC)[C@@H](O)[C@@H](O)[C@H]1O)C(=O)OC. The van der Waals surface area contributed by atoms with E-state index >= 15 is 0 Å². The summed E-state index contributed by atoms with van der Waals surface area (Å²) in [4.78, 5) is 22.6. The average molecular weight is 288 g/mol. The van der Waals surface area contributed by atoms with Crippen molar-refractivity contribution in [2.75, 3.05) is 14.2 Å². The Morgan fingerprint density at radius 3 is 2.25 bits per heavy atom. The lowest BCUT2D eigenvalue weighted by Crippen LogP contribution is -2.50. The predicted octanol–water partition coefficient (Wildman–Crippen LogP) is -1.75. The van der Waals surface area contributed by atoms with Crippen LogP contribution in [0.25, 0.3) is 0 Å². The van der Waals surface area contributed by atoms with Crippen LogP contribution in [0, 0.1) is 0 Å². The van der Waals surface area contributed by atoms with Gasteiger partial charge < -0.3 is 29.5 Å². The second kappa shape index (κ2) is 6.51. The number of hydrogen-bond donors (Lipinski definition) is 3. The van der Waals surface area contributed by atoms with Gasteiger partial charge in [0, 0.05) is 0 Å². The van der Waals surface area contributed by atoms with Gasteiger partial charge >= 0.3 is 11.9 Å². The Morgan fingerprint density at radius 2 is 1.75 bits per heavy atom. The Morgan fingerprint density at radius 1 is 1.15 bits per heavy atom. The highest BCUT2D eigenvalue weighted by molar-refractivity contribution is 5.90. The molecule has 1 rings (SSSR count). The van der Waals surface area contributed by atoms with Crippen LogP contribution in [0.2, 0.25) is 0 Å². The first-order valence-electron chi connectivity index (χ1n) is 5.61. The minimum Gasteiger partial charge on any atom is -0.477 e. The van der Waals surface area contributed by atoms with Gasteiger partial charge in [-0.05, 0) is 12.7 Å². The number of methoxy groups -OCH3 is 2. The summed E-state index contributed by atoms with van der Waals surface area (Å²) < 4.78 is 13.8. The maximum atomic E-state index is 11.4. The smallest absolute Gasteiger partial charge is 0.372 e. The molecule has 0 aromatic rings. The van der Waals surface area contributed by atoms with Gasteiger partial charge in [-0.1, -0.05) is 0 Å². The number of hydrogen-bond acceptors (Lipinski definition) is 8. The van der Waals surface area contributed by atoms with E-state index < -0.39 is 42.1 Å². The molecule has 4 atom stereocenters. The minimum atomic E-state index is -1.68. The van der Waals surface area contributed by atoms with Gasteiger partial charge in [0.25, 0.3) is 0 Å². The van der Waals surface area contributed by atoms with Crippen LogP contribution >= 0.6 is 0 Å². The molecule has 0 spiro atoms. The van der Waals surface area contributed by atoms with Crippen molar-refractivity contribution < 1.29 is 39.1 Å². The lowest BCUT2D eigenvalue weighted by molar-refractivity contribution is -0.147. The zero-order chi connectivity index (χ0) is 15.4. The molecule has 3 N–H and O–H groups in total. The van der Waals surface area contributed by atoms with Crippen molar-refractivity contribution in [1.82, 2.24) is 0 Å². The third-order valence-electron chi connectivity index (χ3n) is 2.78. The summed E-state index contributed by atoms with van der Waals surface area (Å²) in [5, 5.41) is 29.1. The minimum absolute atomic E-state index is 0.284. The molecule has 0 unspecified atom stereocenters. The molecule has 0 amide bonds. The summed E-state index contributed by atoms with van der Waals surface area (Å²) >= 11 is 0. The van der Waals surface area contributed by atoms with Gasteiger partial charge in [0.15, 0.2) is 5.76 Å². The average Bonchev–Trinajstić information content (AvgIpc) is 2.45. The van der Waals surface area contributed by atoms with E-state index in [0.717, 1.165) is 20.3 Å². The first kappa shape index (κ1) is 16.2. The van der Waals surface area contributed by atoms with E-state index in [9.17, 15) is 24.9 Å². The Hall–Kier alpha value is -1.90. The number of aliphatic hydroxyl groups is 3. The standard InChI is InChI=1S/C12H16O8/c1-5(11(16)18-2)20-7-4-6(12(17)19-3)8(13)10(15)9(7)14/h4,7-10,13-15H,1H2,2-3H3/t7-,8-,9+,10-/m1/s1. The van der Waals surface area contributed by atoms with Crippen molar-refractivity contribution in [3.05, 3.63) is 24.0 Å². The Balaban J connectivity index is 2.99. The lowest BCUT2D eigenvalue weighted by Gasteiger charge is -2.33. The highest BCUT2D eigenvalue weighted by atomic mass is 16.6. The fourth-order valence-electron chi connectivity index (χ4n) is 1.68. The molecule has 0 saturated carbocycles. The monoisotopic (exact) mass is 288 g/mol. The molecule has 1 aliphatic rings. The van der Waals surface area contributed by atoms with Crippen LogP contribution in [0.15, 0.2) is 24.0 Å². The molecular weight excluding hydrogens is 272 g/mol. The fourth-order valence-corrected chi connectivity index (χ4v) is 1.68. The summed E-state index contributed by atoms with van der Waals surface area (Å²) in [7, 11) is 2.21. The summed E-state index contributed by atoms with van der Waals surface area (Å²) in [6, 6.07) is 0. The van der Waals surface area contributed by atoms with Gasteiger partial charge in [-0.2, -0.15) is 0 Å². The van der Waals surface area contributed by atoms with Crippen molar-refractivity contribution in [3.63, 3.8) is 0 Å². The molecule has 0 fully saturated rings. The summed E-state index contributed by atoms with van der Waals surface area (Å²) in [6.45, 7) is 3.29. The number of carbonyl (C=O) groups is 2. The third-order valence-corrected chi connectivity index (χ3v) is 2.78. The topological polar surface area (TPSA) is 123 Å². The normalized spacial score (nSPS) is 29.1. The second-order valence-corrected chi connectivity index (χ2v) is 4.04. The molecular formula is C12H16O8. The van der Waals surface area contributed by atoms with Crippen molar-refractivity contribution in [2.24, 2.45) is 0 Å². The van der Waals surface area contributed by atoms with E-state index in [0.29, 0.717) is 0 Å². The van der Waals surface area contributed by atoms with Crippen LogP contribution < -0.4 is 0 Å². The maximum Gasteiger partial charge on any atom is 0.372 e. The molecule has 0 aliphatic heterocycles. The van der Waals surface area contributed by atoms with Gasteiger partial charge in [0.05, 0.1) is 19.8 Å². The molecule has 0 heterocycles. The quantitative estimate of drug-likeness (QED) is 0.316. The van der Waals surface area contributed by atoms with Crippen LogP contribution in [0.5, 0.6) is 0 Å². The van der Waals surface area contributed by atoms with E-state index in [1.54, 1.807) is 0 Å². The van der Waals surface area contributed by atoms with Crippen LogP contribution in [0.3, 0.4) is 0 Å². The second-order valence-electron chi connectivity index (χ2n) is 4.04. The lowest BCUT2D eigenvalue weighted by atomic mass is 9.89. The van der Waals surface area contributed by atoms with E-state index in [1.165, 1.54) is 0 Å². The van der Waals surface area contributed by atoms with Gasteiger partial charge in [-0.15, -0.1) is 0 Å². The van der Waals surface area contributed by atoms with Gasteiger partial charge in [-0.3, -0.25) is 0 Å². The van der Waals surface area contributed by atoms with E-state index in [2.05, 4.69) is 16.1 Å². The van der Waals surface area contributed by atoms with Crippen molar-refractivity contribution in [2.45, 2.75) is 24.4 Å². The van der Waals surface area contributed by atoms with Gasteiger partial charge in [-0.25, -0.2) is 9.59 Å². The van der Waals surface area contributed by atoms with Crippen LogP contribution in [-0.2, 0) is 23.8 Å². The number of carbonyl (C=O) groups excluding carboxylic acids is 2. The summed E-state index contributed by atoms with van der Waals surface area (Å²) in [5.74, 6) is -2.17. The molecule has 0 bridgehead atoms. The molecule has 20 heavy (non-hydrogen) atoms. The van der Waals surface area contributed by atoms with Gasteiger partial charge in [0.2, 0.25) is 0 Å². The van der Waals surface area contributed by atoms with Crippen molar-refractivity contribution in [1.29, 1.82) is 0 Å². The molecule has 0 aromatic carbocycles. The largest absolute Gasteiger partial charge is 0.477 e. The zero-order valence-electron chi connectivity index (χ0n) is 11.0. The molecule has 8 nitrogen and oxygen atoms in total. The Bertz CT molecular complexity index is 441. The molecule has 1 aliphatic carbocycles. The molecule has 0 aromatic heterocycles. The molecule has 0 saturated heterocycles. The molecule has 0 radical (unpaired) electrons. The van der Waals surface area contributed by atoms with Crippen molar-refractivity contribution in [3.8, 4) is 0 Å². The van der Waals surface area contributed by atoms with Crippen LogP contribution in [0.4, 0.5) is 0 Å². The highest BCUT2D eigenvalue weighted by Crippen LogP contribution is 2.24. The van der Waals surface area contributed by atoms with Crippen molar-refractivity contribution >= 4 is 11.9 Å².